The van der Waals surface area contributed by atoms with Crippen molar-refractivity contribution in [3.8, 4) is 5.75 Å². The van der Waals surface area contributed by atoms with Gasteiger partial charge in [0.15, 0.2) is 5.69 Å². The third-order valence-corrected chi connectivity index (χ3v) is 6.56. The van der Waals surface area contributed by atoms with E-state index in [1.807, 2.05) is 36.4 Å². The van der Waals surface area contributed by atoms with Gasteiger partial charge in [-0.3, -0.25) is 14.7 Å². The maximum absolute atomic E-state index is 13.0. The molecule has 3 saturated heterocycles. The van der Waals surface area contributed by atoms with E-state index in [9.17, 15) is 9.59 Å². The van der Waals surface area contributed by atoms with Crippen LogP contribution in [0.2, 0.25) is 0 Å². The molecule has 3 aromatic rings. The first-order valence-electron chi connectivity index (χ1n) is 11.0. The summed E-state index contributed by atoms with van der Waals surface area (Å²) in [5, 5.41) is 14.0. The number of carbonyl (C=O) groups is 2. The van der Waals surface area contributed by atoms with E-state index in [0.717, 1.165) is 49.3 Å². The summed E-state index contributed by atoms with van der Waals surface area (Å²) in [5.74, 6) is 0.999. The van der Waals surface area contributed by atoms with E-state index in [1.54, 1.807) is 13.2 Å². The smallest absolute Gasteiger partial charge is 0.272 e. The van der Waals surface area contributed by atoms with E-state index in [1.165, 1.54) is 0 Å². The second-order valence-corrected chi connectivity index (χ2v) is 8.62. The third-order valence-electron chi connectivity index (χ3n) is 6.56. The molecule has 8 heteroatoms. The number of carbonyl (C=O) groups excluding carboxylic acids is 2. The Hall–Kier alpha value is -3.39. The molecule has 0 spiro atoms. The van der Waals surface area contributed by atoms with Crippen LogP contribution in [0.25, 0.3) is 10.9 Å². The number of fused-ring (bicyclic) bond motifs is 4. The van der Waals surface area contributed by atoms with Crippen molar-refractivity contribution in [2.24, 2.45) is 5.92 Å². The van der Waals surface area contributed by atoms with Crippen LogP contribution in [-0.4, -0.2) is 59.7 Å². The fourth-order valence-corrected chi connectivity index (χ4v) is 4.76. The maximum Gasteiger partial charge on any atom is 0.272 e. The van der Waals surface area contributed by atoms with Gasteiger partial charge in [0.25, 0.3) is 5.91 Å². The number of hydrogen-bond acceptors (Lipinski definition) is 5. The minimum Gasteiger partial charge on any atom is -0.497 e. The molecular formula is C24H27N5O3. The van der Waals surface area contributed by atoms with Crippen molar-refractivity contribution >= 4 is 28.4 Å². The van der Waals surface area contributed by atoms with Gasteiger partial charge in [0.2, 0.25) is 5.91 Å². The van der Waals surface area contributed by atoms with Crippen molar-refractivity contribution in [2.45, 2.75) is 25.3 Å². The highest BCUT2D eigenvalue weighted by atomic mass is 16.5. The van der Waals surface area contributed by atoms with Crippen LogP contribution in [0, 0.1) is 5.92 Å². The normalized spacial score (nSPS) is 22.0. The summed E-state index contributed by atoms with van der Waals surface area (Å²) in [6, 6.07) is 13.0. The largest absolute Gasteiger partial charge is 0.497 e. The zero-order chi connectivity index (χ0) is 22.1. The van der Waals surface area contributed by atoms with E-state index in [-0.39, 0.29) is 24.3 Å². The molecule has 166 valence electrons. The molecule has 4 heterocycles. The van der Waals surface area contributed by atoms with Gasteiger partial charge in [0.05, 0.1) is 19.0 Å². The zero-order valence-electron chi connectivity index (χ0n) is 18.1. The molecule has 3 N–H and O–H groups in total. The van der Waals surface area contributed by atoms with E-state index < -0.39 is 0 Å². The van der Waals surface area contributed by atoms with Gasteiger partial charge in [-0.15, -0.1) is 0 Å². The lowest BCUT2D eigenvalue weighted by atomic mass is 9.84. The molecule has 2 bridgehead atoms. The van der Waals surface area contributed by atoms with Crippen molar-refractivity contribution in [3.05, 3.63) is 53.7 Å². The topological polar surface area (TPSA) is 99.3 Å². The predicted octanol–water partition coefficient (Wildman–Crippen LogP) is 2.58. The van der Waals surface area contributed by atoms with E-state index >= 15 is 0 Å². The number of amides is 2. The fraction of sp³-hybridized carbons (Fsp3) is 0.375. The van der Waals surface area contributed by atoms with E-state index in [2.05, 4.69) is 25.7 Å². The minimum absolute atomic E-state index is 0.128. The Kier molecular flexibility index (Phi) is 5.53. The Morgan fingerprint density at radius 2 is 1.94 bits per heavy atom. The molecular weight excluding hydrogens is 406 g/mol. The van der Waals surface area contributed by atoms with Gasteiger partial charge >= 0.3 is 0 Å². The second-order valence-electron chi connectivity index (χ2n) is 8.62. The van der Waals surface area contributed by atoms with Crippen LogP contribution in [0.4, 0.5) is 5.69 Å². The number of benzene rings is 2. The number of aromatic amines is 1. The summed E-state index contributed by atoms with van der Waals surface area (Å²) in [7, 11) is 1.61. The van der Waals surface area contributed by atoms with Crippen molar-refractivity contribution in [2.75, 3.05) is 32.1 Å². The lowest BCUT2D eigenvalue weighted by Crippen LogP contribution is -2.57. The molecule has 0 saturated carbocycles. The molecule has 2 amide bonds. The maximum atomic E-state index is 13.0. The molecule has 8 nitrogen and oxygen atoms in total. The zero-order valence-corrected chi connectivity index (χ0v) is 18.1. The van der Waals surface area contributed by atoms with Crippen LogP contribution in [0.1, 0.15) is 28.9 Å². The summed E-state index contributed by atoms with van der Waals surface area (Å²) >= 11 is 0. The average Bonchev–Trinajstić information content (AvgIpc) is 3.24. The number of rotatable bonds is 6. The first-order valence-corrected chi connectivity index (χ1v) is 11.0. The van der Waals surface area contributed by atoms with Gasteiger partial charge in [-0.1, -0.05) is 12.1 Å². The summed E-state index contributed by atoms with van der Waals surface area (Å²) < 4.78 is 5.15. The lowest BCUT2D eigenvalue weighted by Gasteiger charge is -2.44. The molecule has 0 aliphatic carbocycles. The van der Waals surface area contributed by atoms with Crippen LogP contribution in [0.5, 0.6) is 5.75 Å². The number of methoxy groups -OCH3 is 1. The van der Waals surface area contributed by atoms with Gasteiger partial charge < -0.3 is 20.3 Å². The Labute approximate surface area is 186 Å². The first kappa shape index (κ1) is 20.5. The summed E-state index contributed by atoms with van der Waals surface area (Å²) in [6.45, 7) is 3.16. The summed E-state index contributed by atoms with van der Waals surface area (Å²) in [6.07, 6.45) is 2.52. The number of H-pyrrole nitrogens is 1. The minimum atomic E-state index is -0.170. The number of piperidine rings is 3. The number of hydrogen-bond donors (Lipinski definition) is 3. The van der Waals surface area contributed by atoms with Crippen LogP contribution < -0.4 is 15.4 Å². The van der Waals surface area contributed by atoms with Crippen molar-refractivity contribution in [1.82, 2.24) is 20.4 Å². The van der Waals surface area contributed by atoms with Crippen molar-refractivity contribution in [1.29, 1.82) is 0 Å². The third kappa shape index (κ3) is 4.18. The lowest BCUT2D eigenvalue weighted by molar-refractivity contribution is -0.115. The molecule has 3 aliphatic rings. The molecule has 3 aliphatic heterocycles. The van der Waals surface area contributed by atoms with Gasteiger partial charge in [-0.25, -0.2) is 0 Å². The Morgan fingerprint density at radius 3 is 2.62 bits per heavy atom. The molecule has 1 aromatic heterocycles. The summed E-state index contributed by atoms with van der Waals surface area (Å²) in [5.41, 5.74) is 2.65. The predicted molar refractivity (Wildman–Crippen MR) is 122 cm³/mol. The first-order chi connectivity index (χ1) is 15.6. The van der Waals surface area contributed by atoms with Crippen LogP contribution in [0.3, 0.4) is 0 Å². The van der Waals surface area contributed by atoms with Crippen molar-refractivity contribution < 1.29 is 14.3 Å². The van der Waals surface area contributed by atoms with Crippen LogP contribution in [-0.2, 0) is 11.2 Å². The average molecular weight is 434 g/mol. The molecule has 3 fully saturated rings. The van der Waals surface area contributed by atoms with Gasteiger partial charge in [-0.05, 0) is 67.7 Å². The molecule has 32 heavy (non-hydrogen) atoms. The van der Waals surface area contributed by atoms with E-state index in [4.69, 9.17) is 4.74 Å². The highest BCUT2D eigenvalue weighted by molar-refractivity contribution is 6.06. The van der Waals surface area contributed by atoms with Gasteiger partial charge in [-0.2, -0.15) is 5.10 Å². The second kappa shape index (κ2) is 8.63. The number of nitrogens with one attached hydrogen (secondary N) is 3. The SMILES string of the molecule is COc1ccc(CC(=O)Nc2ccc3[nH]nc(C(=O)NC4CN5CCC4CC5)c3c2)cc1. The highest BCUT2D eigenvalue weighted by Gasteiger charge is 2.35. The van der Waals surface area contributed by atoms with Crippen molar-refractivity contribution in [3.63, 3.8) is 0 Å². The summed E-state index contributed by atoms with van der Waals surface area (Å²) in [4.78, 5) is 27.9. The quantitative estimate of drug-likeness (QED) is 0.555. The van der Waals surface area contributed by atoms with E-state index in [0.29, 0.717) is 22.7 Å². The highest BCUT2D eigenvalue weighted by Crippen LogP contribution is 2.28. The molecule has 0 radical (unpaired) electrons. The Morgan fingerprint density at radius 1 is 1.16 bits per heavy atom. The molecule has 1 unspecified atom stereocenters. The standard InChI is InChI=1S/C24H27N5O3/c1-32-18-5-2-15(3-6-18)12-22(30)25-17-4-7-20-19(13-17)23(28-27-20)24(31)26-21-14-29-10-8-16(21)9-11-29/h2-7,13,16,21H,8-12,14H2,1H3,(H,25,30)(H,26,31)(H,27,28). The fourth-order valence-electron chi connectivity index (χ4n) is 4.76. The monoisotopic (exact) mass is 433 g/mol. The number of aromatic nitrogens is 2. The molecule has 1 atom stereocenters. The molecule has 6 rings (SSSR count). The van der Waals surface area contributed by atoms with Gasteiger partial charge in [0.1, 0.15) is 5.75 Å². The van der Waals surface area contributed by atoms with Crippen LogP contribution in [0.15, 0.2) is 42.5 Å². The Bertz CT molecular complexity index is 1130. The van der Waals surface area contributed by atoms with Crippen LogP contribution >= 0.6 is 0 Å². The van der Waals surface area contributed by atoms with Gasteiger partial charge in [0, 0.05) is 23.7 Å². The number of ether oxygens (including phenoxy) is 1. The number of nitrogens with zero attached hydrogens (tertiary/aromatic N) is 2. The Balaban J connectivity index is 1.27. The molecule has 2 aromatic carbocycles. The number of anilines is 1.